The summed E-state index contributed by atoms with van der Waals surface area (Å²) in [5.41, 5.74) is 0.0219. The van der Waals surface area contributed by atoms with E-state index in [2.05, 4.69) is 11.4 Å². The Bertz CT molecular complexity index is 798. The summed E-state index contributed by atoms with van der Waals surface area (Å²) in [4.78, 5) is 39.7. The summed E-state index contributed by atoms with van der Waals surface area (Å²) in [5.74, 6) is -2.62. The van der Waals surface area contributed by atoms with Gasteiger partial charge in [0, 0.05) is 12.6 Å². The van der Waals surface area contributed by atoms with E-state index < -0.39 is 29.4 Å². The van der Waals surface area contributed by atoms with E-state index in [-0.39, 0.29) is 18.4 Å². The molecule has 3 rings (SSSR count). The Morgan fingerprint density at radius 3 is 2.42 bits per heavy atom. The smallest absolute Gasteiger partial charge is 0.326 e. The lowest BCUT2D eigenvalue weighted by molar-refractivity contribution is -0.154. The van der Waals surface area contributed by atoms with Gasteiger partial charge < -0.3 is 4.74 Å². The highest BCUT2D eigenvalue weighted by molar-refractivity contribution is 6.09. The Labute approximate surface area is 151 Å². The Hall–Kier alpha value is -2.72. The minimum atomic E-state index is -1.24. The second-order valence-electron chi connectivity index (χ2n) is 6.60. The molecule has 0 bridgehead atoms. The van der Waals surface area contributed by atoms with Gasteiger partial charge in [-0.25, -0.2) is 0 Å². The van der Waals surface area contributed by atoms with Crippen LogP contribution < -0.4 is 5.32 Å². The first-order valence-corrected chi connectivity index (χ1v) is 8.66. The maximum atomic E-state index is 12.9. The molecule has 1 aromatic carbocycles. The van der Waals surface area contributed by atoms with Crippen molar-refractivity contribution < 1.29 is 19.1 Å². The van der Waals surface area contributed by atoms with Crippen molar-refractivity contribution in [2.75, 3.05) is 13.7 Å². The summed E-state index contributed by atoms with van der Waals surface area (Å²) in [7, 11) is 1.28. The van der Waals surface area contributed by atoms with Crippen LogP contribution in [0, 0.1) is 23.2 Å². The molecule has 7 heteroatoms. The van der Waals surface area contributed by atoms with Gasteiger partial charge in [0.15, 0.2) is 0 Å². The summed E-state index contributed by atoms with van der Waals surface area (Å²) in [6, 6.07) is 8.38. The van der Waals surface area contributed by atoms with Crippen LogP contribution in [0.5, 0.6) is 0 Å². The minimum absolute atomic E-state index is 0.270. The second-order valence-corrected chi connectivity index (χ2v) is 6.60. The van der Waals surface area contributed by atoms with Crippen molar-refractivity contribution >= 4 is 17.8 Å². The van der Waals surface area contributed by atoms with Crippen molar-refractivity contribution in [2.24, 2.45) is 11.8 Å². The predicted octanol–water partition coefficient (Wildman–Crippen LogP) is 1.15. The third kappa shape index (κ3) is 2.33. The Balaban J connectivity index is 2.12. The summed E-state index contributed by atoms with van der Waals surface area (Å²) in [6.07, 6.45) is 0.324. The number of ether oxygens (including phenoxy) is 1. The van der Waals surface area contributed by atoms with E-state index in [4.69, 9.17) is 10.00 Å². The first-order valence-electron chi connectivity index (χ1n) is 8.66. The number of fused-ring (bicyclic) bond motifs is 1. The molecule has 0 radical (unpaired) electrons. The second kappa shape index (κ2) is 6.54. The van der Waals surface area contributed by atoms with Crippen LogP contribution in [0.15, 0.2) is 24.3 Å². The van der Waals surface area contributed by atoms with E-state index in [0.29, 0.717) is 12.0 Å². The third-order valence-corrected chi connectivity index (χ3v) is 5.57. The van der Waals surface area contributed by atoms with Crippen LogP contribution in [0.2, 0.25) is 0 Å². The molecule has 4 atom stereocenters. The normalized spacial score (nSPS) is 30.2. The van der Waals surface area contributed by atoms with Crippen LogP contribution in [-0.4, -0.2) is 41.9 Å². The first-order chi connectivity index (χ1) is 12.4. The van der Waals surface area contributed by atoms with Gasteiger partial charge >= 0.3 is 5.97 Å². The highest BCUT2D eigenvalue weighted by atomic mass is 16.5. The Morgan fingerprint density at radius 1 is 1.27 bits per heavy atom. The number of carbonyl (C=O) groups excluding carboxylic acids is 3. The van der Waals surface area contributed by atoms with E-state index in [1.165, 1.54) is 12.0 Å². The van der Waals surface area contributed by atoms with Gasteiger partial charge in [0.25, 0.3) is 0 Å². The van der Waals surface area contributed by atoms with E-state index in [9.17, 15) is 14.4 Å². The number of nitrogens with zero attached hydrogens (tertiary/aromatic N) is 2. The topological polar surface area (TPSA) is 99.5 Å². The number of nitriles is 1. The Kier molecular flexibility index (Phi) is 4.55. The van der Waals surface area contributed by atoms with Crippen molar-refractivity contribution in [2.45, 2.75) is 31.8 Å². The average molecular weight is 355 g/mol. The average Bonchev–Trinajstić information content (AvgIpc) is 3.15. The molecular formula is C19H21N3O4. The predicted molar refractivity (Wildman–Crippen MR) is 91.4 cm³/mol. The fourth-order valence-corrected chi connectivity index (χ4v) is 4.26. The number of benzene rings is 1. The van der Waals surface area contributed by atoms with Crippen molar-refractivity contribution in [3.63, 3.8) is 0 Å². The summed E-state index contributed by atoms with van der Waals surface area (Å²) >= 11 is 0. The summed E-state index contributed by atoms with van der Waals surface area (Å²) in [5, 5.41) is 12.2. The molecule has 0 spiro atoms. The zero-order valence-electron chi connectivity index (χ0n) is 15.0. The fraction of sp³-hybridized carbons (Fsp3) is 0.474. The maximum Gasteiger partial charge on any atom is 0.326 e. The molecule has 2 saturated heterocycles. The Morgan fingerprint density at radius 2 is 1.92 bits per heavy atom. The number of esters is 1. The van der Waals surface area contributed by atoms with Crippen LogP contribution in [0.25, 0.3) is 0 Å². The van der Waals surface area contributed by atoms with Crippen molar-refractivity contribution in [1.82, 2.24) is 10.2 Å². The molecule has 2 fully saturated rings. The van der Waals surface area contributed by atoms with E-state index in [1.807, 2.05) is 0 Å². The van der Waals surface area contributed by atoms with Crippen LogP contribution in [0.3, 0.4) is 0 Å². The molecule has 2 aliphatic rings. The van der Waals surface area contributed by atoms with Crippen molar-refractivity contribution in [1.29, 1.82) is 5.26 Å². The van der Waals surface area contributed by atoms with Gasteiger partial charge in [-0.05, 0) is 31.0 Å². The molecule has 26 heavy (non-hydrogen) atoms. The largest absolute Gasteiger partial charge is 0.468 e. The summed E-state index contributed by atoms with van der Waals surface area (Å²) in [6.45, 7) is 3.81. The standard InChI is InChI=1S/C19H21N3O4/c1-4-19(18(25)26-3)14-13(16(23)22(5-2)17(14)24)15(21-19)12-8-6-11(10-20)7-9-12/h6-9,13-15,21H,4-5H2,1-3H3/t13-,14-,15-,19-/m1/s1. The molecule has 0 saturated carbocycles. The molecule has 1 N–H and O–H groups in total. The number of hydrogen-bond acceptors (Lipinski definition) is 6. The van der Waals surface area contributed by atoms with Gasteiger partial charge in [-0.3, -0.25) is 24.6 Å². The first kappa shape index (κ1) is 18.1. The molecule has 1 aromatic rings. The van der Waals surface area contributed by atoms with Gasteiger partial charge in [0.05, 0.1) is 30.6 Å². The molecule has 2 amide bonds. The number of amides is 2. The number of nitrogens with one attached hydrogen (secondary N) is 1. The SMILES string of the molecule is CCN1C(=O)[C@H]2[C@@H](c3ccc(C#N)cc3)N[C@@](CC)(C(=O)OC)[C@H]2C1=O. The molecule has 2 heterocycles. The van der Waals surface area contributed by atoms with Gasteiger partial charge in [0.1, 0.15) is 5.54 Å². The van der Waals surface area contributed by atoms with Gasteiger partial charge in [-0.15, -0.1) is 0 Å². The van der Waals surface area contributed by atoms with Crippen molar-refractivity contribution in [3.05, 3.63) is 35.4 Å². The lowest BCUT2D eigenvalue weighted by Gasteiger charge is -2.31. The van der Waals surface area contributed by atoms with E-state index in [1.54, 1.807) is 38.1 Å². The molecule has 0 aromatic heterocycles. The molecule has 136 valence electrons. The van der Waals surface area contributed by atoms with Gasteiger partial charge in [-0.2, -0.15) is 5.26 Å². The number of imide groups is 1. The van der Waals surface area contributed by atoms with Crippen molar-refractivity contribution in [3.8, 4) is 6.07 Å². The monoisotopic (exact) mass is 355 g/mol. The van der Waals surface area contributed by atoms with Crippen LogP contribution >= 0.6 is 0 Å². The molecule has 0 unspecified atom stereocenters. The zero-order valence-corrected chi connectivity index (χ0v) is 15.0. The van der Waals surface area contributed by atoms with Gasteiger partial charge in [0.2, 0.25) is 11.8 Å². The number of hydrogen-bond donors (Lipinski definition) is 1. The molecular weight excluding hydrogens is 334 g/mol. The van der Waals surface area contributed by atoms with Crippen LogP contribution in [-0.2, 0) is 19.1 Å². The minimum Gasteiger partial charge on any atom is -0.468 e. The zero-order chi connectivity index (χ0) is 19.1. The van der Waals surface area contributed by atoms with E-state index >= 15 is 0 Å². The van der Waals surface area contributed by atoms with Crippen LogP contribution in [0.1, 0.15) is 37.4 Å². The van der Waals surface area contributed by atoms with E-state index in [0.717, 1.165) is 5.56 Å². The molecule has 7 nitrogen and oxygen atoms in total. The number of methoxy groups -OCH3 is 1. The van der Waals surface area contributed by atoms with Crippen LogP contribution in [0.4, 0.5) is 0 Å². The number of rotatable bonds is 4. The summed E-state index contributed by atoms with van der Waals surface area (Å²) < 4.78 is 4.98. The molecule has 0 aliphatic carbocycles. The highest BCUT2D eigenvalue weighted by Crippen LogP contribution is 2.50. The lowest BCUT2D eigenvalue weighted by Crippen LogP contribution is -2.55. The quantitative estimate of drug-likeness (QED) is 0.642. The lowest BCUT2D eigenvalue weighted by atomic mass is 9.78. The molecule has 2 aliphatic heterocycles. The number of carbonyl (C=O) groups is 3. The van der Waals surface area contributed by atoms with Gasteiger partial charge in [-0.1, -0.05) is 19.1 Å². The highest BCUT2D eigenvalue weighted by Gasteiger charge is 2.67. The number of likely N-dealkylation sites (tertiary alicyclic amines) is 1. The maximum absolute atomic E-state index is 12.9. The fourth-order valence-electron chi connectivity index (χ4n) is 4.26. The third-order valence-electron chi connectivity index (χ3n) is 5.57.